The second-order valence-electron chi connectivity index (χ2n) is 5.90. The molecule has 2 aromatic rings. The van der Waals surface area contributed by atoms with E-state index in [0.717, 1.165) is 6.07 Å². The van der Waals surface area contributed by atoms with Gasteiger partial charge in [0, 0.05) is 25.8 Å². The van der Waals surface area contributed by atoms with Crippen LogP contribution in [0.5, 0.6) is 0 Å². The molecule has 0 unspecified atom stereocenters. The highest BCUT2D eigenvalue weighted by Crippen LogP contribution is 2.28. The van der Waals surface area contributed by atoms with Crippen LogP contribution in [-0.2, 0) is 9.53 Å². The number of esters is 1. The molecule has 2 rings (SSSR count). The Kier molecular flexibility index (Phi) is 6.07. The monoisotopic (exact) mass is 375 g/mol. The average molecular weight is 375 g/mol. The molecule has 0 aliphatic heterocycles. The third-order valence-electron chi connectivity index (χ3n) is 3.65. The largest absolute Gasteiger partial charge is 0.449 e. The number of nitro groups is 1. The number of rotatable bonds is 6. The molecular weight excluding hydrogens is 357 g/mol. The quantitative estimate of drug-likeness (QED) is 0.473. The molecular formula is C18H18FN3O5. The zero-order valence-electron chi connectivity index (χ0n) is 14.9. The molecule has 0 radical (unpaired) electrons. The summed E-state index contributed by atoms with van der Waals surface area (Å²) in [4.78, 5) is 36.5. The number of hydrogen-bond donors (Lipinski definition) is 1. The molecule has 8 nitrogen and oxygen atoms in total. The van der Waals surface area contributed by atoms with Crippen LogP contribution in [-0.4, -0.2) is 37.0 Å². The highest BCUT2D eigenvalue weighted by Gasteiger charge is 2.23. The van der Waals surface area contributed by atoms with Gasteiger partial charge in [0.05, 0.1) is 10.5 Å². The lowest BCUT2D eigenvalue weighted by Gasteiger charge is -2.15. The van der Waals surface area contributed by atoms with E-state index in [1.807, 2.05) is 0 Å². The number of amides is 1. The summed E-state index contributed by atoms with van der Waals surface area (Å²) in [6.45, 7) is 1.36. The maximum absolute atomic E-state index is 12.9. The summed E-state index contributed by atoms with van der Waals surface area (Å²) in [5.41, 5.74) is 0.375. The van der Waals surface area contributed by atoms with E-state index in [0.29, 0.717) is 11.4 Å². The first-order chi connectivity index (χ1) is 12.7. The maximum Gasteiger partial charge on any atom is 0.339 e. The van der Waals surface area contributed by atoms with Gasteiger partial charge in [-0.25, -0.2) is 9.18 Å². The van der Waals surface area contributed by atoms with Gasteiger partial charge in [-0.2, -0.15) is 0 Å². The predicted octanol–water partition coefficient (Wildman–Crippen LogP) is 2.98. The standard InChI is InChI=1S/C18H18FN3O5/c1-11(17(23)20-14-7-5-13(19)6-8-14)27-18(24)12-4-9-15(21(2)3)16(10-12)22(25)26/h4-11H,1-3H3,(H,20,23)/t11-/m0/s1. The molecule has 0 aromatic heterocycles. The van der Waals surface area contributed by atoms with Gasteiger partial charge >= 0.3 is 5.97 Å². The van der Waals surface area contributed by atoms with Crippen LogP contribution >= 0.6 is 0 Å². The molecule has 27 heavy (non-hydrogen) atoms. The summed E-state index contributed by atoms with van der Waals surface area (Å²) in [6.07, 6.45) is -1.16. The van der Waals surface area contributed by atoms with Crippen molar-refractivity contribution in [2.24, 2.45) is 0 Å². The molecule has 2 aromatic carbocycles. The number of carbonyl (C=O) groups excluding carboxylic acids is 2. The summed E-state index contributed by atoms with van der Waals surface area (Å²) < 4.78 is 17.9. The van der Waals surface area contributed by atoms with Gasteiger partial charge in [-0.15, -0.1) is 0 Å². The summed E-state index contributed by atoms with van der Waals surface area (Å²) >= 11 is 0. The summed E-state index contributed by atoms with van der Waals surface area (Å²) in [7, 11) is 3.28. The van der Waals surface area contributed by atoms with E-state index >= 15 is 0 Å². The lowest BCUT2D eigenvalue weighted by molar-refractivity contribution is -0.384. The van der Waals surface area contributed by atoms with E-state index in [1.54, 1.807) is 19.0 Å². The van der Waals surface area contributed by atoms with Crippen molar-refractivity contribution in [3.05, 3.63) is 64.0 Å². The number of ether oxygens (including phenoxy) is 1. The first-order valence-electron chi connectivity index (χ1n) is 7.92. The molecule has 0 bridgehead atoms. The number of hydrogen-bond acceptors (Lipinski definition) is 6. The summed E-state index contributed by atoms with van der Waals surface area (Å²) in [6, 6.07) is 9.00. The van der Waals surface area contributed by atoms with Crippen molar-refractivity contribution in [3.63, 3.8) is 0 Å². The zero-order valence-corrected chi connectivity index (χ0v) is 14.9. The molecule has 0 heterocycles. The van der Waals surface area contributed by atoms with Gasteiger partial charge in [-0.05, 0) is 43.3 Å². The van der Waals surface area contributed by atoms with E-state index in [4.69, 9.17) is 4.74 Å². The minimum atomic E-state index is -1.16. The van der Waals surface area contributed by atoms with E-state index in [1.165, 1.54) is 43.3 Å². The van der Waals surface area contributed by atoms with Crippen LogP contribution in [0.25, 0.3) is 0 Å². The Morgan fingerprint density at radius 2 is 1.81 bits per heavy atom. The minimum Gasteiger partial charge on any atom is -0.449 e. The third kappa shape index (κ3) is 5.00. The zero-order chi connectivity index (χ0) is 20.1. The number of halogens is 1. The topological polar surface area (TPSA) is 102 Å². The molecule has 1 amide bonds. The van der Waals surface area contributed by atoms with E-state index in [9.17, 15) is 24.1 Å². The van der Waals surface area contributed by atoms with Crippen molar-refractivity contribution in [1.82, 2.24) is 0 Å². The molecule has 0 saturated heterocycles. The van der Waals surface area contributed by atoms with Crippen molar-refractivity contribution in [3.8, 4) is 0 Å². The minimum absolute atomic E-state index is 0.0475. The Morgan fingerprint density at radius 1 is 1.19 bits per heavy atom. The SMILES string of the molecule is C[C@H](OC(=O)c1ccc(N(C)C)c([N+](=O)[O-])c1)C(=O)Nc1ccc(F)cc1. The number of nitrogens with zero attached hydrogens (tertiary/aromatic N) is 2. The molecule has 0 aliphatic rings. The molecule has 9 heteroatoms. The van der Waals surface area contributed by atoms with Gasteiger partial charge in [0.1, 0.15) is 11.5 Å². The number of nitro benzene ring substituents is 1. The first-order valence-corrected chi connectivity index (χ1v) is 7.92. The predicted molar refractivity (Wildman–Crippen MR) is 97.3 cm³/mol. The van der Waals surface area contributed by atoms with Crippen LogP contribution in [0.2, 0.25) is 0 Å². The molecule has 0 aliphatic carbocycles. The molecule has 1 atom stereocenters. The molecule has 0 fully saturated rings. The van der Waals surface area contributed by atoms with Gasteiger partial charge in [-0.3, -0.25) is 14.9 Å². The van der Waals surface area contributed by atoms with Gasteiger partial charge in [0.15, 0.2) is 6.10 Å². The smallest absolute Gasteiger partial charge is 0.339 e. The number of nitrogens with one attached hydrogen (secondary N) is 1. The fraction of sp³-hybridized carbons (Fsp3) is 0.222. The fourth-order valence-corrected chi connectivity index (χ4v) is 2.23. The Morgan fingerprint density at radius 3 is 2.37 bits per heavy atom. The first kappa shape index (κ1) is 19.8. The number of benzene rings is 2. The van der Waals surface area contributed by atoms with Crippen molar-refractivity contribution in [2.45, 2.75) is 13.0 Å². The van der Waals surface area contributed by atoms with Gasteiger partial charge in [-0.1, -0.05) is 0 Å². The molecule has 0 spiro atoms. The number of carbonyl (C=O) groups is 2. The lowest BCUT2D eigenvalue weighted by atomic mass is 10.1. The van der Waals surface area contributed by atoms with Crippen LogP contribution in [0, 0.1) is 15.9 Å². The number of anilines is 2. The highest BCUT2D eigenvalue weighted by molar-refractivity contribution is 5.97. The van der Waals surface area contributed by atoms with Crippen molar-refractivity contribution >= 4 is 28.9 Å². The van der Waals surface area contributed by atoms with Crippen LogP contribution in [0.3, 0.4) is 0 Å². The Labute approximate surface area is 154 Å². The summed E-state index contributed by atoms with van der Waals surface area (Å²) in [5, 5.41) is 13.7. The Balaban J connectivity index is 2.09. The van der Waals surface area contributed by atoms with E-state index in [2.05, 4.69) is 5.32 Å². The van der Waals surface area contributed by atoms with Gasteiger partial charge < -0.3 is 15.0 Å². The van der Waals surface area contributed by atoms with Gasteiger partial charge in [0.2, 0.25) is 0 Å². The summed E-state index contributed by atoms with van der Waals surface area (Å²) in [5.74, 6) is -1.94. The third-order valence-corrected chi connectivity index (χ3v) is 3.65. The van der Waals surface area contributed by atoms with Crippen molar-refractivity contribution in [1.29, 1.82) is 0 Å². The van der Waals surface area contributed by atoms with Crippen molar-refractivity contribution in [2.75, 3.05) is 24.3 Å². The normalized spacial score (nSPS) is 11.4. The maximum atomic E-state index is 12.9. The van der Waals surface area contributed by atoms with Crippen LogP contribution in [0.4, 0.5) is 21.5 Å². The van der Waals surface area contributed by atoms with Crippen LogP contribution in [0.1, 0.15) is 17.3 Å². The van der Waals surface area contributed by atoms with E-state index < -0.39 is 28.7 Å². The van der Waals surface area contributed by atoms with Crippen LogP contribution < -0.4 is 10.2 Å². The Hall–Kier alpha value is -3.49. The molecule has 0 saturated carbocycles. The fourth-order valence-electron chi connectivity index (χ4n) is 2.23. The van der Waals surface area contributed by atoms with Gasteiger partial charge in [0.25, 0.3) is 11.6 Å². The Bertz CT molecular complexity index is 868. The molecule has 1 N–H and O–H groups in total. The highest BCUT2D eigenvalue weighted by atomic mass is 19.1. The van der Waals surface area contributed by atoms with E-state index in [-0.39, 0.29) is 11.3 Å². The van der Waals surface area contributed by atoms with Crippen molar-refractivity contribution < 1.29 is 23.6 Å². The second-order valence-corrected chi connectivity index (χ2v) is 5.90. The molecule has 142 valence electrons. The van der Waals surface area contributed by atoms with Crippen LogP contribution in [0.15, 0.2) is 42.5 Å². The lowest BCUT2D eigenvalue weighted by Crippen LogP contribution is -2.30. The average Bonchev–Trinajstić information content (AvgIpc) is 2.62. The second kappa shape index (κ2) is 8.26.